The van der Waals surface area contributed by atoms with Crippen molar-refractivity contribution >= 4 is 115 Å². The van der Waals surface area contributed by atoms with Crippen molar-refractivity contribution in [2.24, 2.45) is 17.8 Å². The van der Waals surface area contributed by atoms with Crippen molar-refractivity contribution < 1.29 is 0 Å². The van der Waals surface area contributed by atoms with Gasteiger partial charge in [0.25, 0.3) is 6.71 Å². The van der Waals surface area contributed by atoms with Gasteiger partial charge in [0.05, 0.1) is 17.1 Å². The highest BCUT2D eigenvalue weighted by molar-refractivity contribution is 8.00. The smallest absolute Gasteiger partial charge is 0.252 e. The van der Waals surface area contributed by atoms with E-state index in [1.165, 1.54) is 158 Å². The van der Waals surface area contributed by atoms with Gasteiger partial charge in [-0.1, -0.05) is 360 Å². The Kier molecular flexibility index (Phi) is 17.3. The summed E-state index contributed by atoms with van der Waals surface area (Å²) in [5, 5.41) is 0. The van der Waals surface area contributed by atoms with Gasteiger partial charge in [-0.2, -0.15) is 0 Å². The number of rotatable bonds is 13. The van der Waals surface area contributed by atoms with Crippen molar-refractivity contribution in [1.29, 1.82) is 0 Å². The lowest BCUT2D eigenvalue weighted by molar-refractivity contribution is 0.279. The molecule has 0 aromatic heterocycles. The van der Waals surface area contributed by atoms with E-state index in [0.717, 1.165) is 91.1 Å². The zero-order chi connectivity index (χ0) is 80.8. The molecule has 122 heavy (non-hydrogen) atoms. The summed E-state index contributed by atoms with van der Waals surface area (Å²) in [5.74, 6) is 2.20. The van der Waals surface area contributed by atoms with Crippen molar-refractivity contribution in [2.75, 3.05) is 26.1 Å². The minimum absolute atomic E-state index is 0.163. The molecule has 1 saturated heterocycles. The van der Waals surface area contributed by atoms with Crippen LogP contribution in [0.1, 0.15) is 52.0 Å². The fraction of sp³-hybridized carbons (Fsp3) is 0.113. The van der Waals surface area contributed by atoms with Gasteiger partial charge in [-0.3, -0.25) is 0 Å². The lowest BCUT2D eigenvalue weighted by Gasteiger charge is -2.47. The number of hydrogen-bond donors (Lipinski definition) is 0. The molecular formula is C115H88B2N4S. The maximum Gasteiger partial charge on any atom is 0.252 e. The van der Waals surface area contributed by atoms with Crippen LogP contribution in [0.4, 0.5) is 56.9 Å². The molecule has 2 aliphatic carbocycles. The second-order valence-corrected chi connectivity index (χ2v) is 36.8. The maximum atomic E-state index is 2.92. The van der Waals surface area contributed by atoms with Gasteiger partial charge in [-0.25, -0.2) is 0 Å². The summed E-state index contributed by atoms with van der Waals surface area (Å²) in [4.78, 5) is 13.8. The predicted octanol–water partition coefficient (Wildman–Crippen LogP) is 26.5. The number of anilines is 10. The quantitative estimate of drug-likeness (QED) is 0.106. The van der Waals surface area contributed by atoms with E-state index in [2.05, 4.69) is 435 Å². The van der Waals surface area contributed by atoms with Gasteiger partial charge in [-0.05, 0) is 221 Å². The topological polar surface area (TPSA) is 13.0 Å². The van der Waals surface area contributed by atoms with E-state index < -0.39 is 0 Å². The van der Waals surface area contributed by atoms with Crippen molar-refractivity contribution in [1.82, 2.24) is 0 Å². The van der Waals surface area contributed by atoms with E-state index in [9.17, 15) is 0 Å². The molecule has 3 fully saturated rings. The summed E-state index contributed by atoms with van der Waals surface area (Å²) >= 11 is 2.02. The fourth-order valence-electron chi connectivity index (χ4n) is 22.3. The van der Waals surface area contributed by atoms with E-state index in [0.29, 0.717) is 12.0 Å². The van der Waals surface area contributed by atoms with Crippen LogP contribution in [0.5, 0.6) is 0 Å². The first-order valence-electron chi connectivity index (χ1n) is 43.8. The molecule has 24 rings (SSSR count). The van der Waals surface area contributed by atoms with E-state index in [-0.39, 0.29) is 18.8 Å². The first-order valence-corrected chi connectivity index (χ1v) is 44.6. The Bertz CT molecular complexity index is 6780. The molecule has 0 radical (unpaired) electrons. The third-order valence-corrected chi connectivity index (χ3v) is 29.0. The van der Waals surface area contributed by atoms with Gasteiger partial charge in [0.1, 0.15) is 0 Å². The van der Waals surface area contributed by atoms with Crippen LogP contribution < -0.4 is 52.4 Å². The van der Waals surface area contributed by atoms with Crippen molar-refractivity contribution in [3.8, 4) is 100 Å². The second-order valence-electron chi connectivity index (χ2n) is 35.7. The van der Waals surface area contributed by atoms with Crippen molar-refractivity contribution in [2.45, 2.75) is 67.7 Å². The summed E-state index contributed by atoms with van der Waals surface area (Å²) in [6.45, 7) is 7.93. The van der Waals surface area contributed by atoms with Gasteiger partial charge < -0.3 is 19.6 Å². The fourth-order valence-corrected chi connectivity index (χ4v) is 23.5. The van der Waals surface area contributed by atoms with Crippen LogP contribution in [-0.2, 0) is 5.41 Å². The minimum atomic E-state index is -0.326. The van der Waals surface area contributed by atoms with Gasteiger partial charge in [0, 0.05) is 95.6 Å². The molecule has 17 aromatic carbocycles. The summed E-state index contributed by atoms with van der Waals surface area (Å²) in [6.07, 6.45) is 5.31. The molecule has 0 amide bonds. The molecule has 5 heterocycles. The van der Waals surface area contributed by atoms with Crippen LogP contribution in [0.3, 0.4) is 0 Å². The zero-order valence-corrected chi connectivity index (χ0v) is 69.5. The largest absolute Gasteiger partial charge is 0.368 e. The third-order valence-electron chi connectivity index (χ3n) is 27.8. The SMILES string of the molecule is CC(C)(C)c1cc2c3c(c1)N(c1c(-c4ccccc4)cc(-c4ccccc4)cc1-c1ccccc1)c1cc4c(cc1B3c1ccccc1N2c1c(-c2ccccc2)cc(-c2ccccc2)cc1-c1ccccc1)B1c2ccccc2N(c2c(-c3ccccc3)cc(-c3ccccc3)cc2-c2ccccc2)c2cc(N3CC5CCC6CC5C3C6)cc(c21)S4. The third kappa shape index (κ3) is 11.9. The normalized spacial score (nSPS) is 16.7. The first-order chi connectivity index (χ1) is 60.2. The summed E-state index contributed by atoms with van der Waals surface area (Å²) in [5.41, 5.74) is 41.7. The molecule has 4 nitrogen and oxygen atoms in total. The Hall–Kier alpha value is -13.6. The molecule has 2 saturated carbocycles. The molecule has 7 heteroatoms. The Balaban J connectivity index is 0.821. The van der Waals surface area contributed by atoms with Gasteiger partial charge in [0.15, 0.2) is 0 Å². The molecule has 5 aliphatic heterocycles. The molecule has 0 spiro atoms. The van der Waals surface area contributed by atoms with Gasteiger partial charge in [0.2, 0.25) is 6.71 Å². The van der Waals surface area contributed by atoms with E-state index in [1.54, 1.807) is 0 Å². The Labute approximate surface area is 721 Å². The summed E-state index contributed by atoms with van der Waals surface area (Å²) < 4.78 is 0. The van der Waals surface area contributed by atoms with Crippen LogP contribution in [0.2, 0.25) is 0 Å². The second kappa shape index (κ2) is 29.1. The summed E-state index contributed by atoms with van der Waals surface area (Å²) in [7, 11) is 0. The molecule has 580 valence electrons. The van der Waals surface area contributed by atoms with Crippen LogP contribution in [-0.4, -0.2) is 26.0 Å². The number of fused-ring (bicyclic) bond motifs is 9. The first kappa shape index (κ1) is 72.4. The highest BCUT2D eigenvalue weighted by Crippen LogP contribution is 2.60. The molecule has 2 bridgehead atoms. The number of benzene rings is 17. The van der Waals surface area contributed by atoms with E-state index >= 15 is 0 Å². The Morgan fingerprint density at radius 1 is 0.279 bits per heavy atom. The Morgan fingerprint density at radius 2 is 0.623 bits per heavy atom. The van der Waals surface area contributed by atoms with Crippen molar-refractivity contribution in [3.05, 3.63) is 400 Å². The van der Waals surface area contributed by atoms with Crippen LogP contribution >= 0.6 is 11.8 Å². The lowest BCUT2D eigenvalue weighted by Crippen LogP contribution is -2.64. The van der Waals surface area contributed by atoms with E-state index in [4.69, 9.17) is 0 Å². The molecule has 17 aromatic rings. The molecule has 4 atom stereocenters. The Morgan fingerprint density at radius 3 is 1.01 bits per heavy atom. The molecule has 4 unspecified atom stereocenters. The van der Waals surface area contributed by atoms with Gasteiger partial charge in [-0.15, -0.1) is 0 Å². The average molecular weight is 1580 g/mol. The number of hydrogen-bond acceptors (Lipinski definition) is 5. The van der Waals surface area contributed by atoms with Crippen LogP contribution in [0, 0.1) is 17.8 Å². The van der Waals surface area contributed by atoms with Crippen LogP contribution in [0.25, 0.3) is 100 Å². The minimum Gasteiger partial charge on any atom is -0.368 e. The summed E-state index contributed by atoms with van der Waals surface area (Å²) in [6, 6.07) is 151. The zero-order valence-electron chi connectivity index (χ0n) is 68.7. The standard InChI is InChI=1S/C115H88B2N4S/c1-115(2,3)88-67-105-110-106(68-88)121(114-95(82-49-27-11-28-50-82)65-87(77-39-17-6-18-40-77)66-96(114)83-51-29-12-30-52-83)104-72-108-100(71-99(104)116(110)97-53-31-33-55-101(97)119(105)112-91(78-41-19-7-20-42-78)61-85(75-35-13-4-14-36-75)62-92(112)79-43-21-8-22-44-79)117-98-54-32-34-56-102(98)120(107-69-89(70-109(122-108)111(107)117)118-73-84-58-57-74-59-90(84)103(118)60-74)113-93(80-45-23-9-24-46-80)63-86(76-37-15-5-16-38-76)64-94(113)81-47-25-10-26-48-81/h4-56,61-72,74,84,90,103H,57-60,73H2,1-3H3. The highest BCUT2D eigenvalue weighted by atomic mass is 32.2. The maximum absolute atomic E-state index is 2.92. The molecule has 0 N–H and O–H groups in total. The van der Waals surface area contributed by atoms with Crippen molar-refractivity contribution in [3.63, 3.8) is 0 Å². The molecular weight excluding hydrogens is 1490 g/mol. The number of para-hydroxylation sites is 2. The van der Waals surface area contributed by atoms with Gasteiger partial charge >= 0.3 is 0 Å². The molecule has 7 aliphatic rings. The number of nitrogens with zero attached hydrogens (tertiary/aromatic N) is 4. The average Bonchev–Trinajstić information content (AvgIpc) is 0.718. The lowest BCUT2D eigenvalue weighted by atomic mass is 9.31. The highest BCUT2D eigenvalue weighted by Gasteiger charge is 2.53. The monoisotopic (exact) mass is 1580 g/mol. The van der Waals surface area contributed by atoms with Crippen LogP contribution in [0.15, 0.2) is 404 Å². The predicted molar refractivity (Wildman–Crippen MR) is 518 cm³/mol. The van der Waals surface area contributed by atoms with E-state index in [1.807, 2.05) is 11.8 Å².